The van der Waals surface area contributed by atoms with Gasteiger partial charge in [0.05, 0.1) is 0 Å². The predicted octanol–water partition coefficient (Wildman–Crippen LogP) is 3.89. The largest absolute Gasteiger partial charge is 0.325 e. The van der Waals surface area contributed by atoms with E-state index in [2.05, 4.69) is 5.32 Å². The average molecular weight is 331 g/mol. The number of amides is 2. The van der Waals surface area contributed by atoms with Gasteiger partial charge in [0, 0.05) is 23.3 Å². The summed E-state index contributed by atoms with van der Waals surface area (Å²) in [4.78, 5) is 25.7. The Labute approximate surface area is 141 Å². The molecule has 4 nitrogen and oxygen atoms in total. The Morgan fingerprint density at radius 2 is 1.74 bits per heavy atom. The maximum absolute atomic E-state index is 12.2. The van der Waals surface area contributed by atoms with Gasteiger partial charge in [-0.3, -0.25) is 9.59 Å². The number of nitrogens with one attached hydrogen (secondary N) is 1. The first-order valence-electron chi connectivity index (χ1n) is 7.42. The highest BCUT2D eigenvalue weighted by Gasteiger charge is 2.18. The van der Waals surface area contributed by atoms with E-state index in [4.69, 9.17) is 11.6 Å². The van der Waals surface area contributed by atoms with Gasteiger partial charge >= 0.3 is 0 Å². The first-order valence-corrected chi connectivity index (χ1v) is 7.80. The molecule has 1 N–H and O–H groups in total. The van der Waals surface area contributed by atoms with Crippen LogP contribution in [0.5, 0.6) is 0 Å². The number of halogens is 1. The summed E-state index contributed by atoms with van der Waals surface area (Å²) in [6.07, 6.45) is 0.790. The molecule has 0 spiro atoms. The van der Waals surface area contributed by atoms with Crippen molar-refractivity contribution in [1.82, 2.24) is 0 Å². The summed E-state index contributed by atoms with van der Waals surface area (Å²) in [6, 6.07) is 14.4. The molecular weight excluding hydrogens is 312 g/mol. The van der Waals surface area contributed by atoms with Crippen molar-refractivity contribution in [2.75, 3.05) is 16.8 Å². The van der Waals surface area contributed by atoms with Crippen molar-refractivity contribution in [3.8, 4) is 0 Å². The minimum absolute atomic E-state index is 0.0328. The van der Waals surface area contributed by atoms with Crippen LogP contribution in [0, 0.1) is 0 Å². The van der Waals surface area contributed by atoms with Gasteiger partial charge in [0.1, 0.15) is 6.54 Å². The van der Waals surface area contributed by atoms with Gasteiger partial charge in [0.15, 0.2) is 0 Å². The standard InChI is InChI=1S/C18H19ClN2O2/c1-3-14-6-4-5-7-17(14)21(13(2)22)12-18(23)20-16-10-8-15(19)9-11-16/h4-11H,3,12H2,1-2H3,(H,20,23). The number of benzene rings is 2. The summed E-state index contributed by atoms with van der Waals surface area (Å²) >= 11 is 5.82. The summed E-state index contributed by atoms with van der Waals surface area (Å²) < 4.78 is 0. The van der Waals surface area contributed by atoms with Crippen molar-refractivity contribution in [2.24, 2.45) is 0 Å². The van der Waals surface area contributed by atoms with Crippen LogP contribution in [0.15, 0.2) is 48.5 Å². The number of hydrogen-bond donors (Lipinski definition) is 1. The van der Waals surface area contributed by atoms with E-state index in [0.717, 1.165) is 17.7 Å². The lowest BCUT2D eigenvalue weighted by Crippen LogP contribution is -2.37. The minimum atomic E-state index is -0.256. The number of hydrogen-bond acceptors (Lipinski definition) is 2. The zero-order valence-corrected chi connectivity index (χ0v) is 13.9. The lowest BCUT2D eigenvalue weighted by molar-refractivity contribution is -0.120. The van der Waals surface area contributed by atoms with Crippen LogP contribution >= 0.6 is 11.6 Å². The molecule has 0 saturated heterocycles. The van der Waals surface area contributed by atoms with Crippen LogP contribution in [-0.2, 0) is 16.0 Å². The molecule has 0 unspecified atom stereocenters. The van der Waals surface area contributed by atoms with Crippen LogP contribution in [0.4, 0.5) is 11.4 Å². The molecule has 2 aromatic rings. The van der Waals surface area contributed by atoms with Crippen molar-refractivity contribution < 1.29 is 9.59 Å². The van der Waals surface area contributed by atoms with Crippen LogP contribution in [0.2, 0.25) is 5.02 Å². The topological polar surface area (TPSA) is 49.4 Å². The third kappa shape index (κ3) is 4.57. The number of nitrogens with zero attached hydrogens (tertiary/aromatic N) is 1. The fourth-order valence-corrected chi connectivity index (χ4v) is 2.44. The zero-order valence-electron chi connectivity index (χ0n) is 13.2. The number of rotatable bonds is 5. The third-order valence-electron chi connectivity index (χ3n) is 3.47. The molecule has 0 atom stereocenters. The van der Waals surface area contributed by atoms with E-state index in [0.29, 0.717) is 10.7 Å². The van der Waals surface area contributed by atoms with Gasteiger partial charge in [0.25, 0.3) is 0 Å². The fraction of sp³-hybridized carbons (Fsp3) is 0.222. The third-order valence-corrected chi connectivity index (χ3v) is 3.73. The van der Waals surface area contributed by atoms with Crippen LogP contribution < -0.4 is 10.2 Å². The molecule has 0 aliphatic heterocycles. The fourth-order valence-electron chi connectivity index (χ4n) is 2.32. The summed E-state index contributed by atoms with van der Waals surface area (Å²) in [6.45, 7) is 3.45. The molecule has 2 amide bonds. The lowest BCUT2D eigenvalue weighted by Gasteiger charge is -2.23. The Hall–Kier alpha value is -2.33. The molecule has 5 heteroatoms. The molecule has 0 fully saturated rings. The van der Waals surface area contributed by atoms with Crippen molar-refractivity contribution in [3.05, 3.63) is 59.1 Å². The summed E-state index contributed by atoms with van der Waals surface area (Å²) in [5.74, 6) is -0.425. The van der Waals surface area contributed by atoms with Gasteiger partial charge in [-0.05, 0) is 42.3 Å². The van der Waals surface area contributed by atoms with Gasteiger partial charge in [-0.1, -0.05) is 36.7 Å². The van der Waals surface area contributed by atoms with Gasteiger partial charge in [-0.2, -0.15) is 0 Å². The molecule has 2 rings (SSSR count). The van der Waals surface area contributed by atoms with Crippen molar-refractivity contribution in [1.29, 1.82) is 0 Å². The molecule has 0 aliphatic rings. The molecule has 120 valence electrons. The lowest BCUT2D eigenvalue weighted by atomic mass is 10.1. The van der Waals surface area contributed by atoms with Gasteiger partial charge in [-0.25, -0.2) is 0 Å². The van der Waals surface area contributed by atoms with Gasteiger partial charge < -0.3 is 10.2 Å². The molecule has 0 aromatic heterocycles. The summed E-state index contributed by atoms with van der Waals surface area (Å²) in [5, 5.41) is 3.37. The van der Waals surface area contributed by atoms with Crippen molar-refractivity contribution >= 4 is 34.8 Å². The first kappa shape index (κ1) is 17.0. The van der Waals surface area contributed by atoms with E-state index >= 15 is 0 Å². The molecule has 0 bridgehead atoms. The first-order chi connectivity index (χ1) is 11.0. The molecule has 0 radical (unpaired) electrons. The van der Waals surface area contributed by atoms with E-state index in [1.54, 1.807) is 24.3 Å². The highest BCUT2D eigenvalue weighted by Crippen LogP contribution is 2.21. The van der Waals surface area contributed by atoms with Crippen LogP contribution in [0.25, 0.3) is 0 Å². The molecule has 0 heterocycles. The Bertz CT molecular complexity index is 698. The maximum Gasteiger partial charge on any atom is 0.244 e. The summed E-state index contributed by atoms with van der Waals surface area (Å²) in [5.41, 5.74) is 2.45. The second-order valence-electron chi connectivity index (χ2n) is 5.14. The van der Waals surface area contributed by atoms with Crippen LogP contribution in [0.3, 0.4) is 0 Å². The average Bonchev–Trinajstić information content (AvgIpc) is 2.54. The summed E-state index contributed by atoms with van der Waals surface area (Å²) in [7, 11) is 0. The molecule has 0 aliphatic carbocycles. The number of anilines is 2. The molecular formula is C18H19ClN2O2. The highest BCUT2D eigenvalue weighted by molar-refractivity contribution is 6.30. The molecule has 2 aromatic carbocycles. The Kier molecular flexibility index (Phi) is 5.77. The van der Waals surface area contributed by atoms with Gasteiger partial charge in [0.2, 0.25) is 11.8 Å². The molecule has 23 heavy (non-hydrogen) atoms. The van der Waals surface area contributed by atoms with E-state index in [-0.39, 0.29) is 18.4 Å². The van der Waals surface area contributed by atoms with E-state index < -0.39 is 0 Å². The monoisotopic (exact) mass is 330 g/mol. The zero-order chi connectivity index (χ0) is 16.8. The van der Waals surface area contributed by atoms with E-state index in [1.165, 1.54) is 11.8 Å². The Morgan fingerprint density at radius 1 is 1.09 bits per heavy atom. The second-order valence-corrected chi connectivity index (χ2v) is 5.58. The van der Waals surface area contributed by atoms with Gasteiger partial charge in [-0.15, -0.1) is 0 Å². The second kappa shape index (κ2) is 7.79. The number of carbonyl (C=O) groups is 2. The maximum atomic E-state index is 12.2. The SMILES string of the molecule is CCc1ccccc1N(CC(=O)Nc1ccc(Cl)cc1)C(C)=O. The smallest absolute Gasteiger partial charge is 0.244 e. The predicted molar refractivity (Wildman–Crippen MR) is 93.9 cm³/mol. The Morgan fingerprint density at radius 3 is 2.35 bits per heavy atom. The van der Waals surface area contributed by atoms with Crippen LogP contribution in [0.1, 0.15) is 19.4 Å². The normalized spacial score (nSPS) is 10.2. The highest BCUT2D eigenvalue weighted by atomic mass is 35.5. The van der Waals surface area contributed by atoms with E-state index in [9.17, 15) is 9.59 Å². The van der Waals surface area contributed by atoms with E-state index in [1.807, 2.05) is 31.2 Å². The number of para-hydroxylation sites is 1. The Balaban J connectivity index is 2.14. The number of aryl methyl sites for hydroxylation is 1. The minimum Gasteiger partial charge on any atom is -0.325 e. The molecule has 0 saturated carbocycles. The van der Waals surface area contributed by atoms with Crippen molar-refractivity contribution in [3.63, 3.8) is 0 Å². The number of carbonyl (C=O) groups excluding carboxylic acids is 2. The van der Waals surface area contributed by atoms with Crippen molar-refractivity contribution in [2.45, 2.75) is 20.3 Å². The quantitative estimate of drug-likeness (QED) is 0.904. The van der Waals surface area contributed by atoms with Crippen LogP contribution in [-0.4, -0.2) is 18.4 Å².